The summed E-state index contributed by atoms with van der Waals surface area (Å²) in [6, 6.07) is 5.92. The Kier molecular flexibility index (Phi) is 3.68. The summed E-state index contributed by atoms with van der Waals surface area (Å²) in [4.78, 5) is 12.2. The molecule has 1 aromatic carbocycles. The van der Waals surface area contributed by atoms with Crippen LogP contribution in [0.1, 0.15) is 19.3 Å². The molecule has 1 saturated carbocycles. The fourth-order valence-electron chi connectivity index (χ4n) is 2.00. The highest BCUT2D eigenvalue weighted by Crippen LogP contribution is 2.24. The first-order valence-electron chi connectivity index (χ1n) is 5.63. The molecule has 0 heterocycles. The number of carbonyl (C=O) groups is 1. The maximum atomic E-state index is 12.2. The molecular formula is C12H14O4S2. The number of rotatable bonds is 3. The molecule has 0 amide bonds. The summed E-state index contributed by atoms with van der Waals surface area (Å²) in [5.41, 5.74) is 0. The Morgan fingerprint density at radius 2 is 1.83 bits per heavy atom. The predicted molar refractivity (Wildman–Crippen MR) is 68.6 cm³/mol. The second-order valence-electron chi connectivity index (χ2n) is 4.39. The molecule has 6 heteroatoms. The van der Waals surface area contributed by atoms with Gasteiger partial charge in [0.2, 0.25) is 0 Å². The zero-order valence-electron chi connectivity index (χ0n) is 9.96. The minimum atomic E-state index is -3.24. The van der Waals surface area contributed by atoms with Crippen molar-refractivity contribution in [1.29, 1.82) is 0 Å². The van der Waals surface area contributed by atoms with Gasteiger partial charge in [0.25, 0.3) is 0 Å². The number of sulfone groups is 1. The Morgan fingerprint density at radius 3 is 2.28 bits per heavy atom. The molecule has 0 bridgehead atoms. The molecule has 0 spiro atoms. The van der Waals surface area contributed by atoms with Crippen molar-refractivity contribution in [2.75, 3.05) is 6.26 Å². The summed E-state index contributed by atoms with van der Waals surface area (Å²) in [6.07, 6.45) is 3.06. The molecule has 0 N–H and O–H groups in total. The number of benzene rings is 1. The summed E-state index contributed by atoms with van der Waals surface area (Å²) in [6.45, 7) is 0. The molecule has 2 rings (SSSR count). The number of hydrogen-bond acceptors (Lipinski definition) is 4. The van der Waals surface area contributed by atoms with Gasteiger partial charge in [0.05, 0.1) is 20.9 Å². The Bertz CT molecular complexity index is 587. The smallest absolute Gasteiger partial charge is 0.175 e. The Labute approximate surface area is 109 Å². The lowest BCUT2D eigenvalue weighted by Gasteiger charge is -2.08. The van der Waals surface area contributed by atoms with Gasteiger partial charge in [-0.3, -0.25) is 9.00 Å². The van der Waals surface area contributed by atoms with Crippen molar-refractivity contribution < 1.29 is 17.4 Å². The van der Waals surface area contributed by atoms with Crippen LogP contribution in [0.4, 0.5) is 0 Å². The van der Waals surface area contributed by atoms with Crippen molar-refractivity contribution in [2.45, 2.75) is 34.3 Å². The Morgan fingerprint density at radius 1 is 1.22 bits per heavy atom. The van der Waals surface area contributed by atoms with E-state index in [2.05, 4.69) is 0 Å². The minimum absolute atomic E-state index is 0.0422. The average molecular weight is 286 g/mol. The quantitative estimate of drug-likeness (QED) is 0.840. The molecule has 0 aliphatic heterocycles. The van der Waals surface area contributed by atoms with Crippen LogP contribution in [-0.2, 0) is 25.4 Å². The average Bonchev–Trinajstić information content (AvgIpc) is 2.73. The third kappa shape index (κ3) is 2.70. The molecule has 4 nitrogen and oxygen atoms in total. The number of ketones is 1. The van der Waals surface area contributed by atoms with Crippen LogP contribution in [-0.4, -0.2) is 29.9 Å². The largest absolute Gasteiger partial charge is 0.298 e. The van der Waals surface area contributed by atoms with Gasteiger partial charge in [-0.25, -0.2) is 8.42 Å². The van der Waals surface area contributed by atoms with E-state index in [1.165, 1.54) is 24.3 Å². The van der Waals surface area contributed by atoms with Crippen LogP contribution in [0.2, 0.25) is 0 Å². The fourth-order valence-corrected chi connectivity index (χ4v) is 4.10. The lowest BCUT2D eigenvalue weighted by Crippen LogP contribution is -2.19. The van der Waals surface area contributed by atoms with E-state index in [-0.39, 0.29) is 10.7 Å². The summed E-state index contributed by atoms with van der Waals surface area (Å²) >= 11 is 0. The molecule has 1 aromatic rings. The van der Waals surface area contributed by atoms with E-state index in [9.17, 15) is 17.4 Å². The molecule has 18 heavy (non-hydrogen) atoms. The van der Waals surface area contributed by atoms with Crippen LogP contribution in [0.5, 0.6) is 0 Å². The standard InChI is InChI=1S/C12H14O4S2/c1-18(15,16)10-7-5-9(6-8-10)17(14)12-4-2-3-11(12)13/h5-8,12H,2-4H2,1H3. The zero-order valence-corrected chi connectivity index (χ0v) is 11.6. The van der Waals surface area contributed by atoms with E-state index in [0.29, 0.717) is 17.7 Å². The number of Topliss-reactive ketones (excluding diaryl/α,β-unsaturated/α-hetero) is 1. The molecule has 2 unspecified atom stereocenters. The monoisotopic (exact) mass is 286 g/mol. The van der Waals surface area contributed by atoms with Crippen molar-refractivity contribution in [2.24, 2.45) is 0 Å². The van der Waals surface area contributed by atoms with Crippen molar-refractivity contribution in [3.05, 3.63) is 24.3 Å². The second-order valence-corrected chi connectivity index (χ2v) is 8.04. The van der Waals surface area contributed by atoms with Gasteiger partial charge < -0.3 is 0 Å². The summed E-state index contributed by atoms with van der Waals surface area (Å²) in [5, 5.41) is -0.422. The first-order chi connectivity index (χ1) is 8.39. The van der Waals surface area contributed by atoms with Gasteiger partial charge in [-0.2, -0.15) is 0 Å². The molecule has 0 saturated heterocycles. The van der Waals surface area contributed by atoms with Crippen LogP contribution >= 0.6 is 0 Å². The van der Waals surface area contributed by atoms with Crippen LogP contribution in [0.25, 0.3) is 0 Å². The summed E-state index contributed by atoms with van der Waals surface area (Å²) < 4.78 is 34.7. The van der Waals surface area contributed by atoms with Crippen molar-refractivity contribution in [1.82, 2.24) is 0 Å². The van der Waals surface area contributed by atoms with Gasteiger partial charge in [-0.1, -0.05) is 0 Å². The van der Waals surface area contributed by atoms with E-state index < -0.39 is 25.9 Å². The van der Waals surface area contributed by atoms with Gasteiger partial charge in [0.15, 0.2) is 9.84 Å². The van der Waals surface area contributed by atoms with E-state index in [1.54, 1.807) is 0 Å². The van der Waals surface area contributed by atoms with Gasteiger partial charge in [-0.05, 0) is 37.1 Å². The lowest BCUT2D eigenvalue weighted by molar-refractivity contribution is -0.117. The van der Waals surface area contributed by atoms with E-state index in [1.807, 2.05) is 0 Å². The van der Waals surface area contributed by atoms with Gasteiger partial charge >= 0.3 is 0 Å². The molecule has 1 aliphatic rings. The maximum absolute atomic E-state index is 12.2. The fraction of sp³-hybridized carbons (Fsp3) is 0.417. The Balaban J connectivity index is 2.25. The van der Waals surface area contributed by atoms with Gasteiger partial charge in [-0.15, -0.1) is 0 Å². The molecule has 98 valence electrons. The number of carbonyl (C=O) groups excluding carboxylic acids is 1. The van der Waals surface area contributed by atoms with Crippen molar-refractivity contribution in [3.63, 3.8) is 0 Å². The number of hydrogen-bond donors (Lipinski definition) is 0. The van der Waals surface area contributed by atoms with Gasteiger partial charge in [0.1, 0.15) is 5.78 Å². The van der Waals surface area contributed by atoms with E-state index in [0.717, 1.165) is 12.7 Å². The Hall–Kier alpha value is -1.01. The second kappa shape index (κ2) is 4.93. The maximum Gasteiger partial charge on any atom is 0.175 e. The zero-order chi connectivity index (χ0) is 13.3. The van der Waals surface area contributed by atoms with Crippen molar-refractivity contribution in [3.8, 4) is 0 Å². The van der Waals surface area contributed by atoms with Crippen LogP contribution in [0, 0.1) is 0 Å². The molecule has 1 aliphatic carbocycles. The SMILES string of the molecule is CS(=O)(=O)c1ccc(S(=O)C2CCCC2=O)cc1. The highest BCUT2D eigenvalue weighted by Gasteiger charge is 2.30. The first-order valence-corrected chi connectivity index (χ1v) is 8.73. The highest BCUT2D eigenvalue weighted by molar-refractivity contribution is 7.90. The third-order valence-corrected chi connectivity index (χ3v) is 5.87. The molecule has 0 aromatic heterocycles. The van der Waals surface area contributed by atoms with Gasteiger partial charge in [0, 0.05) is 17.6 Å². The van der Waals surface area contributed by atoms with E-state index >= 15 is 0 Å². The summed E-state index contributed by atoms with van der Waals surface area (Å²) in [5.74, 6) is 0.0422. The first kappa shape index (κ1) is 13.4. The molecule has 1 fully saturated rings. The molecular weight excluding hydrogens is 272 g/mol. The van der Waals surface area contributed by atoms with Crippen LogP contribution in [0.15, 0.2) is 34.1 Å². The summed E-state index contributed by atoms with van der Waals surface area (Å²) in [7, 11) is -4.61. The van der Waals surface area contributed by atoms with Crippen LogP contribution in [0.3, 0.4) is 0 Å². The normalized spacial score (nSPS) is 22.1. The molecule has 2 atom stereocenters. The molecule has 0 radical (unpaired) electrons. The lowest BCUT2D eigenvalue weighted by atomic mass is 10.3. The minimum Gasteiger partial charge on any atom is -0.298 e. The predicted octanol–water partition coefficient (Wildman–Crippen LogP) is 1.32. The van der Waals surface area contributed by atoms with Crippen molar-refractivity contribution >= 4 is 26.4 Å². The topological polar surface area (TPSA) is 68.3 Å². The van der Waals surface area contributed by atoms with Crippen LogP contribution < -0.4 is 0 Å². The highest BCUT2D eigenvalue weighted by atomic mass is 32.2. The third-order valence-electron chi connectivity index (χ3n) is 2.99. The van der Waals surface area contributed by atoms with E-state index in [4.69, 9.17) is 0 Å².